The molecule has 0 saturated carbocycles. The van der Waals surface area contributed by atoms with Gasteiger partial charge in [0.2, 0.25) is 0 Å². The number of hydrogen-bond acceptors (Lipinski definition) is 3. The molecule has 0 aromatic heterocycles. The highest BCUT2D eigenvalue weighted by Crippen LogP contribution is 2.07. The first kappa shape index (κ1) is 17.9. The van der Waals surface area contributed by atoms with Gasteiger partial charge >= 0.3 is 5.97 Å². The fraction of sp³-hybridized carbons (Fsp3) is 0.857. The SMILES string of the molecule is C[C@H](N)C(=O)OC(C)(C)C.Cl.Cl. The third-order valence-electron chi connectivity index (χ3n) is 0.779. The van der Waals surface area contributed by atoms with Crippen LogP contribution in [0.3, 0.4) is 0 Å². The molecule has 0 aliphatic carbocycles. The van der Waals surface area contributed by atoms with Gasteiger partial charge in [-0.2, -0.15) is 0 Å². The molecule has 0 aliphatic heterocycles. The molecule has 0 saturated heterocycles. The van der Waals surface area contributed by atoms with E-state index >= 15 is 0 Å². The number of esters is 1. The first-order valence-electron chi connectivity index (χ1n) is 3.31. The quantitative estimate of drug-likeness (QED) is 0.679. The first-order valence-corrected chi connectivity index (χ1v) is 3.31. The predicted octanol–water partition coefficient (Wildman–Crippen LogP) is 1.52. The van der Waals surface area contributed by atoms with Crippen molar-refractivity contribution >= 4 is 30.8 Å². The maximum absolute atomic E-state index is 10.8. The summed E-state index contributed by atoms with van der Waals surface area (Å²) >= 11 is 0. The molecule has 0 heterocycles. The van der Waals surface area contributed by atoms with E-state index in [2.05, 4.69) is 0 Å². The minimum absolute atomic E-state index is 0. The summed E-state index contributed by atoms with van der Waals surface area (Å²) < 4.78 is 4.94. The average Bonchev–Trinajstić information content (AvgIpc) is 1.60. The van der Waals surface area contributed by atoms with Crippen molar-refractivity contribution in [1.29, 1.82) is 0 Å². The van der Waals surface area contributed by atoms with Crippen molar-refractivity contribution in [1.82, 2.24) is 0 Å². The van der Waals surface area contributed by atoms with E-state index in [0.717, 1.165) is 0 Å². The summed E-state index contributed by atoms with van der Waals surface area (Å²) in [7, 11) is 0. The Labute approximate surface area is 85.9 Å². The van der Waals surface area contributed by atoms with Crippen molar-refractivity contribution < 1.29 is 9.53 Å². The Kier molecular flexibility index (Phi) is 9.74. The van der Waals surface area contributed by atoms with Crippen LogP contribution in [0.4, 0.5) is 0 Å². The summed E-state index contributed by atoms with van der Waals surface area (Å²) in [6.45, 7) is 7.04. The molecule has 0 amide bonds. The third kappa shape index (κ3) is 10.0. The zero-order chi connectivity index (χ0) is 8.36. The highest BCUT2D eigenvalue weighted by Gasteiger charge is 2.18. The van der Waals surface area contributed by atoms with Crippen LogP contribution in [0.15, 0.2) is 0 Å². The zero-order valence-electron chi connectivity index (χ0n) is 7.79. The van der Waals surface area contributed by atoms with Crippen molar-refractivity contribution in [3.05, 3.63) is 0 Å². The summed E-state index contributed by atoms with van der Waals surface area (Å²) in [6.07, 6.45) is 0. The van der Waals surface area contributed by atoms with E-state index in [0.29, 0.717) is 0 Å². The third-order valence-corrected chi connectivity index (χ3v) is 0.779. The Bertz CT molecular complexity index is 132. The van der Waals surface area contributed by atoms with E-state index in [1.807, 2.05) is 20.8 Å². The van der Waals surface area contributed by atoms with Crippen LogP contribution in [0.2, 0.25) is 0 Å². The number of halogens is 2. The molecule has 0 radical (unpaired) electrons. The molecule has 1 atom stereocenters. The Balaban J connectivity index is -0.000000405. The zero-order valence-corrected chi connectivity index (χ0v) is 9.42. The molecule has 0 bridgehead atoms. The molecule has 12 heavy (non-hydrogen) atoms. The summed E-state index contributed by atoms with van der Waals surface area (Å²) in [6, 6.07) is -0.528. The van der Waals surface area contributed by atoms with Gasteiger partial charge < -0.3 is 10.5 Å². The second-order valence-corrected chi connectivity index (χ2v) is 3.32. The molecule has 0 rings (SSSR count). The van der Waals surface area contributed by atoms with E-state index in [9.17, 15) is 4.79 Å². The maximum atomic E-state index is 10.8. The van der Waals surface area contributed by atoms with E-state index < -0.39 is 11.6 Å². The van der Waals surface area contributed by atoms with Crippen molar-refractivity contribution in [2.24, 2.45) is 5.73 Å². The van der Waals surface area contributed by atoms with Gasteiger partial charge in [0.05, 0.1) is 0 Å². The minimum atomic E-state index is -0.528. The molecule has 0 aliphatic rings. The topological polar surface area (TPSA) is 52.3 Å². The van der Waals surface area contributed by atoms with Gasteiger partial charge in [-0.15, -0.1) is 24.8 Å². The van der Waals surface area contributed by atoms with Gasteiger partial charge in [0.15, 0.2) is 0 Å². The number of hydrogen-bond donors (Lipinski definition) is 1. The fourth-order valence-electron chi connectivity index (χ4n) is 0.395. The minimum Gasteiger partial charge on any atom is -0.459 e. The lowest BCUT2D eigenvalue weighted by Crippen LogP contribution is -2.35. The van der Waals surface area contributed by atoms with E-state index in [4.69, 9.17) is 10.5 Å². The molecule has 76 valence electrons. The molecule has 0 fully saturated rings. The van der Waals surface area contributed by atoms with Gasteiger partial charge in [-0.25, -0.2) is 0 Å². The van der Waals surface area contributed by atoms with E-state index in [1.54, 1.807) is 6.92 Å². The molecule has 0 aromatic carbocycles. The Morgan fingerprint density at radius 3 is 1.75 bits per heavy atom. The summed E-state index contributed by atoms with van der Waals surface area (Å²) in [5.41, 5.74) is 4.84. The molecule has 5 heteroatoms. The molecular formula is C7H17Cl2NO2. The molecule has 2 N–H and O–H groups in total. The van der Waals surface area contributed by atoms with Gasteiger partial charge in [0.1, 0.15) is 11.6 Å². The molecular weight excluding hydrogens is 201 g/mol. The van der Waals surface area contributed by atoms with Gasteiger partial charge in [-0.1, -0.05) is 0 Å². The van der Waals surface area contributed by atoms with Crippen LogP contribution < -0.4 is 5.73 Å². The number of carbonyl (C=O) groups excluding carboxylic acids is 1. The lowest BCUT2D eigenvalue weighted by atomic mass is 10.2. The Morgan fingerprint density at radius 1 is 1.33 bits per heavy atom. The first-order chi connectivity index (χ1) is 4.33. The van der Waals surface area contributed by atoms with Crippen LogP contribution in [-0.2, 0) is 9.53 Å². The van der Waals surface area contributed by atoms with E-state index in [-0.39, 0.29) is 30.8 Å². The van der Waals surface area contributed by atoms with Gasteiger partial charge in [-0.3, -0.25) is 4.79 Å². The summed E-state index contributed by atoms with van der Waals surface area (Å²) in [4.78, 5) is 10.8. The van der Waals surface area contributed by atoms with Gasteiger partial charge in [0.25, 0.3) is 0 Å². The predicted molar refractivity (Wildman–Crippen MR) is 54.0 cm³/mol. The molecule has 3 nitrogen and oxygen atoms in total. The molecule has 0 spiro atoms. The van der Waals surface area contributed by atoms with Crippen LogP contribution in [-0.4, -0.2) is 17.6 Å². The van der Waals surface area contributed by atoms with Crippen LogP contribution in [0, 0.1) is 0 Å². The summed E-state index contributed by atoms with van der Waals surface area (Å²) in [5, 5.41) is 0. The average molecular weight is 218 g/mol. The van der Waals surface area contributed by atoms with Crippen molar-refractivity contribution in [3.63, 3.8) is 0 Å². The van der Waals surface area contributed by atoms with E-state index in [1.165, 1.54) is 0 Å². The highest BCUT2D eigenvalue weighted by atomic mass is 35.5. The maximum Gasteiger partial charge on any atom is 0.323 e. The normalized spacial score (nSPS) is 12.1. The lowest BCUT2D eigenvalue weighted by Gasteiger charge is -2.20. The Morgan fingerprint density at radius 2 is 1.67 bits per heavy atom. The molecule has 0 unspecified atom stereocenters. The van der Waals surface area contributed by atoms with Gasteiger partial charge in [0, 0.05) is 0 Å². The fourth-order valence-corrected chi connectivity index (χ4v) is 0.395. The smallest absolute Gasteiger partial charge is 0.323 e. The highest BCUT2D eigenvalue weighted by molar-refractivity contribution is 5.85. The lowest BCUT2D eigenvalue weighted by molar-refractivity contribution is -0.155. The van der Waals surface area contributed by atoms with Crippen molar-refractivity contribution in [3.8, 4) is 0 Å². The van der Waals surface area contributed by atoms with Crippen molar-refractivity contribution in [2.45, 2.75) is 39.3 Å². The number of rotatable bonds is 1. The second kappa shape index (κ2) is 6.52. The van der Waals surface area contributed by atoms with Crippen molar-refractivity contribution in [2.75, 3.05) is 0 Å². The van der Waals surface area contributed by atoms with Crippen LogP contribution >= 0.6 is 24.8 Å². The largest absolute Gasteiger partial charge is 0.459 e. The molecule has 0 aromatic rings. The van der Waals surface area contributed by atoms with Gasteiger partial charge in [-0.05, 0) is 27.7 Å². The second-order valence-electron chi connectivity index (χ2n) is 3.32. The number of nitrogens with two attached hydrogens (primary N) is 1. The number of carbonyl (C=O) groups is 1. The standard InChI is InChI=1S/C7H15NO2.2ClH/c1-5(8)6(9)10-7(2,3)4;;/h5H,8H2,1-4H3;2*1H/t5-;;/m0../s1. The van der Waals surface area contributed by atoms with Crippen LogP contribution in [0.5, 0.6) is 0 Å². The Hall–Kier alpha value is 0.01000. The summed E-state index contributed by atoms with van der Waals surface area (Å²) in [5.74, 6) is -0.354. The van der Waals surface area contributed by atoms with Crippen LogP contribution in [0.25, 0.3) is 0 Å². The van der Waals surface area contributed by atoms with Crippen LogP contribution in [0.1, 0.15) is 27.7 Å². The monoisotopic (exact) mass is 217 g/mol. The number of ether oxygens (including phenoxy) is 1.